The summed E-state index contributed by atoms with van der Waals surface area (Å²) >= 11 is 1.56. The van der Waals surface area contributed by atoms with E-state index in [4.69, 9.17) is 4.74 Å². The molecule has 0 bridgehead atoms. The highest BCUT2D eigenvalue weighted by Crippen LogP contribution is 2.24. The fraction of sp³-hybridized carbons (Fsp3) is 0.727. The molecule has 0 aromatic carbocycles. The second kappa shape index (κ2) is 6.93. The first-order chi connectivity index (χ1) is 6.47. The quantitative estimate of drug-likeness (QED) is 0.521. The Labute approximate surface area is 91.1 Å². The van der Waals surface area contributed by atoms with Gasteiger partial charge in [0.15, 0.2) is 0 Å². The van der Waals surface area contributed by atoms with Crippen LogP contribution in [0.5, 0.6) is 0 Å². The van der Waals surface area contributed by atoms with Gasteiger partial charge in [-0.05, 0) is 12.8 Å². The van der Waals surface area contributed by atoms with Gasteiger partial charge in [-0.2, -0.15) is 0 Å². The van der Waals surface area contributed by atoms with Gasteiger partial charge in [-0.15, -0.1) is 11.8 Å². The normalized spacial score (nSPS) is 12.4. The minimum absolute atomic E-state index is 0.195. The van der Waals surface area contributed by atoms with Crippen LogP contribution in [0.15, 0.2) is 11.0 Å². The topological polar surface area (TPSA) is 26.3 Å². The van der Waals surface area contributed by atoms with Crippen molar-refractivity contribution in [1.29, 1.82) is 0 Å². The van der Waals surface area contributed by atoms with E-state index in [0.717, 1.165) is 4.91 Å². The number of esters is 1. The largest absolute Gasteiger partial charge is 0.462 e. The Kier molecular flexibility index (Phi) is 6.71. The van der Waals surface area contributed by atoms with Crippen LogP contribution in [0.4, 0.5) is 0 Å². The van der Waals surface area contributed by atoms with Crippen molar-refractivity contribution in [1.82, 2.24) is 0 Å². The molecule has 0 amide bonds. The summed E-state index contributed by atoms with van der Waals surface area (Å²) in [7, 11) is 0. The van der Waals surface area contributed by atoms with Crippen LogP contribution in [0.3, 0.4) is 0 Å². The van der Waals surface area contributed by atoms with E-state index in [9.17, 15) is 4.79 Å². The van der Waals surface area contributed by atoms with Crippen molar-refractivity contribution in [3.63, 3.8) is 0 Å². The summed E-state index contributed by atoms with van der Waals surface area (Å²) in [5.41, 5.74) is 0. The zero-order chi connectivity index (χ0) is 11.1. The molecule has 0 N–H and O–H groups in total. The van der Waals surface area contributed by atoms with Gasteiger partial charge >= 0.3 is 5.97 Å². The van der Waals surface area contributed by atoms with Crippen molar-refractivity contribution >= 4 is 17.7 Å². The van der Waals surface area contributed by atoms with E-state index in [1.165, 1.54) is 0 Å². The number of thioether (sulfide) groups is 1. The lowest BCUT2D eigenvalue weighted by Gasteiger charge is -2.10. The summed E-state index contributed by atoms with van der Waals surface area (Å²) < 4.78 is 4.98. The third kappa shape index (κ3) is 6.08. The Balaban J connectivity index is 4.46. The van der Waals surface area contributed by atoms with Gasteiger partial charge in [-0.3, -0.25) is 0 Å². The van der Waals surface area contributed by atoms with E-state index in [-0.39, 0.29) is 5.97 Å². The van der Waals surface area contributed by atoms with E-state index in [1.54, 1.807) is 11.8 Å². The Hall–Kier alpha value is -0.440. The summed E-state index contributed by atoms with van der Waals surface area (Å²) in [4.78, 5) is 12.2. The molecule has 0 unspecified atom stereocenters. The van der Waals surface area contributed by atoms with Gasteiger partial charge in [0.25, 0.3) is 0 Å². The maximum atomic E-state index is 11.5. The molecule has 0 saturated heterocycles. The number of hydrogen-bond donors (Lipinski definition) is 0. The lowest BCUT2D eigenvalue weighted by molar-refractivity contribution is -0.137. The number of ether oxygens (including phenoxy) is 1. The summed E-state index contributed by atoms with van der Waals surface area (Å²) in [5.74, 6) is 0.181. The van der Waals surface area contributed by atoms with E-state index < -0.39 is 0 Å². The SMILES string of the molecule is CCOC(=O)/C(=C/C(C)C)SC(C)C. The fourth-order valence-corrected chi connectivity index (χ4v) is 1.93. The maximum Gasteiger partial charge on any atom is 0.344 e. The summed E-state index contributed by atoms with van der Waals surface area (Å²) in [6.07, 6.45) is 1.96. The molecule has 0 spiro atoms. The first-order valence-electron chi connectivity index (χ1n) is 5.03. The average molecular weight is 216 g/mol. The van der Waals surface area contributed by atoms with Crippen molar-refractivity contribution in [3.05, 3.63) is 11.0 Å². The molecule has 3 heteroatoms. The highest BCUT2D eigenvalue weighted by atomic mass is 32.2. The van der Waals surface area contributed by atoms with Gasteiger partial charge in [0, 0.05) is 5.25 Å². The first-order valence-corrected chi connectivity index (χ1v) is 5.90. The monoisotopic (exact) mass is 216 g/mol. The number of rotatable bonds is 5. The van der Waals surface area contributed by atoms with Crippen molar-refractivity contribution < 1.29 is 9.53 Å². The summed E-state index contributed by atoms with van der Waals surface area (Å²) in [6.45, 7) is 10.5. The Morgan fingerprint density at radius 2 is 1.93 bits per heavy atom. The van der Waals surface area contributed by atoms with Crippen LogP contribution in [0, 0.1) is 5.92 Å². The highest BCUT2D eigenvalue weighted by molar-refractivity contribution is 8.04. The molecule has 0 radical (unpaired) electrons. The third-order valence-corrected chi connectivity index (χ3v) is 2.35. The number of carbonyl (C=O) groups is 1. The number of allylic oxidation sites excluding steroid dienone is 1. The summed E-state index contributed by atoms with van der Waals surface area (Å²) in [6, 6.07) is 0. The van der Waals surface area contributed by atoms with Gasteiger partial charge in [-0.25, -0.2) is 4.79 Å². The van der Waals surface area contributed by atoms with Crippen LogP contribution in [0.2, 0.25) is 0 Å². The standard InChI is InChI=1S/C11H20O2S/c1-6-13-11(12)10(7-8(2)3)14-9(4)5/h7-9H,6H2,1-5H3/b10-7-. The van der Waals surface area contributed by atoms with Gasteiger partial charge in [0.1, 0.15) is 0 Å². The lowest BCUT2D eigenvalue weighted by atomic mass is 10.2. The van der Waals surface area contributed by atoms with Crippen molar-refractivity contribution in [2.75, 3.05) is 6.61 Å². The predicted molar refractivity (Wildman–Crippen MR) is 62.3 cm³/mol. The highest BCUT2D eigenvalue weighted by Gasteiger charge is 2.13. The number of carbonyl (C=O) groups excluding carboxylic acids is 1. The van der Waals surface area contributed by atoms with Crippen LogP contribution in [0.25, 0.3) is 0 Å². The van der Waals surface area contributed by atoms with E-state index in [1.807, 2.05) is 13.0 Å². The molecule has 0 rings (SSSR count). The zero-order valence-corrected chi connectivity index (χ0v) is 10.5. The molecule has 0 heterocycles. The molecule has 0 aliphatic rings. The molecule has 0 aliphatic heterocycles. The third-order valence-electron chi connectivity index (χ3n) is 1.32. The molecule has 2 nitrogen and oxygen atoms in total. The lowest BCUT2D eigenvalue weighted by Crippen LogP contribution is -2.08. The average Bonchev–Trinajstić information content (AvgIpc) is 2.01. The predicted octanol–water partition coefficient (Wildman–Crippen LogP) is 3.23. The molecule has 0 atom stereocenters. The van der Waals surface area contributed by atoms with Crippen LogP contribution < -0.4 is 0 Å². The van der Waals surface area contributed by atoms with Gasteiger partial charge in [0.05, 0.1) is 11.5 Å². The fourth-order valence-electron chi connectivity index (χ4n) is 0.914. The van der Waals surface area contributed by atoms with Crippen molar-refractivity contribution in [3.8, 4) is 0 Å². The van der Waals surface area contributed by atoms with Gasteiger partial charge in [0.2, 0.25) is 0 Å². The van der Waals surface area contributed by atoms with Crippen molar-refractivity contribution in [2.24, 2.45) is 5.92 Å². The second-order valence-electron chi connectivity index (χ2n) is 3.66. The molecule has 14 heavy (non-hydrogen) atoms. The Bertz CT molecular complexity index is 207. The minimum Gasteiger partial charge on any atom is -0.462 e. The van der Waals surface area contributed by atoms with Crippen LogP contribution in [0.1, 0.15) is 34.6 Å². The maximum absolute atomic E-state index is 11.5. The second-order valence-corrected chi connectivity index (χ2v) is 5.28. The van der Waals surface area contributed by atoms with E-state index >= 15 is 0 Å². The molecule has 0 aromatic rings. The van der Waals surface area contributed by atoms with Crippen LogP contribution in [-0.4, -0.2) is 17.8 Å². The number of hydrogen-bond acceptors (Lipinski definition) is 3. The first kappa shape index (κ1) is 13.6. The molecule has 0 saturated carbocycles. The van der Waals surface area contributed by atoms with E-state index in [0.29, 0.717) is 17.8 Å². The molecule has 82 valence electrons. The molecule has 0 fully saturated rings. The van der Waals surface area contributed by atoms with Crippen molar-refractivity contribution in [2.45, 2.75) is 39.9 Å². The molecule has 0 aromatic heterocycles. The molecular weight excluding hydrogens is 196 g/mol. The smallest absolute Gasteiger partial charge is 0.344 e. The van der Waals surface area contributed by atoms with Crippen LogP contribution in [-0.2, 0) is 9.53 Å². The van der Waals surface area contributed by atoms with E-state index in [2.05, 4.69) is 27.7 Å². The Morgan fingerprint density at radius 1 is 1.36 bits per heavy atom. The molecule has 0 aliphatic carbocycles. The van der Waals surface area contributed by atoms with Gasteiger partial charge in [-0.1, -0.05) is 33.8 Å². The minimum atomic E-state index is -0.195. The van der Waals surface area contributed by atoms with Crippen LogP contribution >= 0.6 is 11.8 Å². The van der Waals surface area contributed by atoms with Gasteiger partial charge < -0.3 is 4.74 Å². The summed E-state index contributed by atoms with van der Waals surface area (Å²) in [5, 5.41) is 0.407. The zero-order valence-electron chi connectivity index (χ0n) is 9.66. The Morgan fingerprint density at radius 3 is 2.29 bits per heavy atom. The molecular formula is C11H20O2S.